The number of allylic oxidation sites excluding steroid dienone is 2. The van der Waals surface area contributed by atoms with Crippen LogP contribution in [-0.4, -0.2) is 29.0 Å². The molecule has 0 bridgehead atoms. The number of hydrogen-bond acceptors (Lipinski definition) is 5. The molecule has 28 heavy (non-hydrogen) atoms. The molecule has 6 atom stereocenters. The van der Waals surface area contributed by atoms with Crippen molar-refractivity contribution in [3.05, 3.63) is 11.6 Å². The van der Waals surface area contributed by atoms with Gasteiger partial charge in [0, 0.05) is 5.41 Å². The highest BCUT2D eigenvalue weighted by Crippen LogP contribution is 2.67. The Balaban J connectivity index is 1.57. The lowest BCUT2D eigenvalue weighted by atomic mass is 9.46. The topological polar surface area (TPSA) is 82.0 Å². The van der Waals surface area contributed by atoms with Crippen LogP contribution in [-0.2, 0) is 9.63 Å². The minimum atomic E-state index is -1.26. The maximum absolute atomic E-state index is 11.1. The van der Waals surface area contributed by atoms with Crippen molar-refractivity contribution in [1.82, 2.24) is 0 Å². The number of carboxylic acids is 1. The van der Waals surface area contributed by atoms with E-state index in [1.165, 1.54) is 5.57 Å². The second-order valence-electron chi connectivity index (χ2n) is 9.73. The molecule has 0 aromatic carbocycles. The van der Waals surface area contributed by atoms with E-state index in [2.05, 4.69) is 31.0 Å². The molecule has 5 heteroatoms. The highest BCUT2D eigenvalue weighted by molar-refractivity contribution is 5.96. The quantitative estimate of drug-likeness (QED) is 0.598. The molecule has 3 fully saturated rings. The van der Waals surface area contributed by atoms with Gasteiger partial charge in [0.05, 0.1) is 11.7 Å². The summed E-state index contributed by atoms with van der Waals surface area (Å²) in [5, 5.41) is 25.6. The van der Waals surface area contributed by atoms with Crippen LogP contribution in [0, 0.1) is 40.9 Å². The second-order valence-corrected chi connectivity index (χ2v) is 9.73. The first-order valence-electron chi connectivity index (χ1n) is 10.5. The van der Waals surface area contributed by atoms with Crippen molar-refractivity contribution in [2.24, 2.45) is 33.7 Å². The number of aliphatic hydroxyl groups is 1. The summed E-state index contributed by atoms with van der Waals surface area (Å²) < 4.78 is 0. The van der Waals surface area contributed by atoms with Gasteiger partial charge >= 0.3 is 0 Å². The molecule has 3 saturated carbocycles. The Morgan fingerprint density at radius 2 is 2.04 bits per heavy atom. The first-order chi connectivity index (χ1) is 13.2. The smallest absolute Gasteiger partial charge is 0.156 e. The van der Waals surface area contributed by atoms with Crippen LogP contribution in [0.4, 0.5) is 0 Å². The van der Waals surface area contributed by atoms with Gasteiger partial charge in [-0.25, -0.2) is 0 Å². The Bertz CT molecular complexity index is 780. The van der Waals surface area contributed by atoms with Gasteiger partial charge in [-0.3, -0.25) is 0 Å². The molecule has 0 aliphatic heterocycles. The lowest BCUT2D eigenvalue weighted by molar-refractivity contribution is -0.309. The summed E-state index contributed by atoms with van der Waals surface area (Å²) in [5.74, 6) is 3.19. The summed E-state index contributed by atoms with van der Waals surface area (Å²) in [7, 11) is 0. The molecule has 0 unspecified atom stereocenters. The van der Waals surface area contributed by atoms with Gasteiger partial charge in [-0.15, -0.1) is 6.42 Å². The van der Waals surface area contributed by atoms with E-state index in [-0.39, 0.29) is 10.8 Å². The number of oxime groups is 1. The van der Waals surface area contributed by atoms with Crippen LogP contribution < -0.4 is 5.11 Å². The fraction of sp³-hybridized carbons (Fsp3) is 0.739. The molecule has 1 N–H and O–H groups in total. The Morgan fingerprint density at radius 1 is 1.29 bits per heavy atom. The SMILES string of the molecule is C#C[C@@]1(O)CC[C@@H]2[C@H]3CCC4=CC(=NOCC(=O)[O-])CC[C@]4(C)[C@H]3CC[C@@]21C. The van der Waals surface area contributed by atoms with Crippen LogP contribution in [0.5, 0.6) is 0 Å². The van der Waals surface area contributed by atoms with E-state index in [4.69, 9.17) is 11.3 Å². The van der Waals surface area contributed by atoms with Gasteiger partial charge in [-0.2, -0.15) is 0 Å². The van der Waals surface area contributed by atoms with Gasteiger partial charge in [0.15, 0.2) is 6.61 Å². The fourth-order valence-electron chi connectivity index (χ4n) is 7.06. The molecule has 0 aromatic heterocycles. The van der Waals surface area contributed by atoms with E-state index < -0.39 is 18.2 Å². The Labute approximate surface area is 167 Å². The van der Waals surface area contributed by atoms with E-state index in [9.17, 15) is 15.0 Å². The Hall–Kier alpha value is -1.80. The number of fused-ring (bicyclic) bond motifs is 5. The Kier molecular flexibility index (Phi) is 4.62. The van der Waals surface area contributed by atoms with E-state index in [0.717, 1.165) is 57.1 Å². The molecule has 152 valence electrons. The molecule has 0 aromatic rings. The van der Waals surface area contributed by atoms with Gasteiger partial charge in [-0.05, 0) is 80.6 Å². The molecule has 0 amide bonds. The maximum Gasteiger partial charge on any atom is 0.156 e. The lowest BCUT2D eigenvalue weighted by Crippen LogP contribution is -2.54. The van der Waals surface area contributed by atoms with Crippen LogP contribution in [0.15, 0.2) is 16.8 Å². The average molecular weight is 384 g/mol. The lowest BCUT2D eigenvalue weighted by Gasteiger charge is -2.58. The third-order valence-corrected chi connectivity index (χ3v) is 8.73. The van der Waals surface area contributed by atoms with Gasteiger partial charge in [0.2, 0.25) is 0 Å². The summed E-state index contributed by atoms with van der Waals surface area (Å²) in [6, 6.07) is 0. The molecular weight excluding hydrogens is 354 g/mol. The van der Waals surface area contributed by atoms with Crippen molar-refractivity contribution in [3.8, 4) is 12.3 Å². The predicted octanol–water partition coefficient (Wildman–Crippen LogP) is 2.44. The molecule has 4 aliphatic carbocycles. The maximum atomic E-state index is 11.1. The molecule has 4 aliphatic rings. The minimum absolute atomic E-state index is 0.147. The van der Waals surface area contributed by atoms with Crippen molar-refractivity contribution in [1.29, 1.82) is 0 Å². The summed E-state index contributed by atoms with van der Waals surface area (Å²) >= 11 is 0. The molecule has 5 nitrogen and oxygen atoms in total. The number of carbonyl (C=O) groups excluding carboxylic acids is 1. The molecule has 0 radical (unpaired) electrons. The van der Waals surface area contributed by atoms with Gasteiger partial charge < -0.3 is 19.8 Å². The van der Waals surface area contributed by atoms with Crippen LogP contribution in [0.1, 0.15) is 65.2 Å². The largest absolute Gasteiger partial charge is 0.546 e. The van der Waals surface area contributed by atoms with Crippen LogP contribution in [0.2, 0.25) is 0 Å². The van der Waals surface area contributed by atoms with Gasteiger partial charge in [0.25, 0.3) is 0 Å². The summed E-state index contributed by atoms with van der Waals surface area (Å²) in [5.41, 5.74) is 1.28. The second kappa shape index (κ2) is 6.62. The molecule has 0 heterocycles. The van der Waals surface area contributed by atoms with Crippen molar-refractivity contribution in [3.63, 3.8) is 0 Å². The normalized spacial score (nSPS) is 46.0. The summed E-state index contributed by atoms with van der Waals surface area (Å²) in [6.07, 6.45) is 15.7. The monoisotopic (exact) mass is 384 g/mol. The van der Waals surface area contributed by atoms with Crippen molar-refractivity contribution in [2.75, 3.05) is 6.61 Å². The van der Waals surface area contributed by atoms with Crippen LogP contribution >= 0.6 is 0 Å². The van der Waals surface area contributed by atoms with E-state index in [1.54, 1.807) is 0 Å². The molecule has 0 spiro atoms. The van der Waals surface area contributed by atoms with Crippen LogP contribution in [0.3, 0.4) is 0 Å². The average Bonchev–Trinajstić information content (AvgIpc) is 2.93. The van der Waals surface area contributed by atoms with E-state index in [0.29, 0.717) is 17.8 Å². The fourth-order valence-corrected chi connectivity index (χ4v) is 7.06. The summed E-state index contributed by atoms with van der Waals surface area (Å²) in [6.45, 7) is 4.10. The number of nitrogens with zero attached hydrogens (tertiary/aromatic N) is 1. The van der Waals surface area contributed by atoms with E-state index >= 15 is 0 Å². The standard InChI is InChI=1S/C23H31NO4/c1-4-23(27)12-9-19-17-6-5-15-13-16(24-28-14-20(25)26)7-10-21(15,2)18(17)8-11-22(19,23)3/h1,13,17-19,27H,5-12,14H2,2-3H3,(H,25,26)/p-1/t17-,18-,19+,21-,22-,23+/m0/s1. The molecule has 4 rings (SSSR count). The zero-order valence-electron chi connectivity index (χ0n) is 16.9. The van der Waals surface area contributed by atoms with Crippen molar-refractivity contribution < 1.29 is 19.8 Å². The highest BCUT2D eigenvalue weighted by Gasteiger charge is 2.63. The highest BCUT2D eigenvalue weighted by atomic mass is 16.6. The number of rotatable bonds is 3. The number of carboxylic acid groups (broad SMARTS) is 1. The van der Waals surface area contributed by atoms with E-state index in [1.807, 2.05) is 0 Å². The first-order valence-corrected chi connectivity index (χ1v) is 10.5. The van der Waals surface area contributed by atoms with Gasteiger partial charge in [0.1, 0.15) is 5.60 Å². The Morgan fingerprint density at radius 3 is 2.75 bits per heavy atom. The van der Waals surface area contributed by atoms with Crippen LogP contribution in [0.25, 0.3) is 0 Å². The number of terminal acetylenes is 1. The number of carbonyl (C=O) groups is 1. The first kappa shape index (κ1) is 19.5. The number of hydrogen-bond donors (Lipinski definition) is 1. The minimum Gasteiger partial charge on any atom is -0.546 e. The third-order valence-electron chi connectivity index (χ3n) is 8.73. The molecule has 0 saturated heterocycles. The van der Waals surface area contributed by atoms with Crippen molar-refractivity contribution >= 4 is 11.7 Å². The van der Waals surface area contributed by atoms with Gasteiger partial charge in [-0.1, -0.05) is 30.5 Å². The third kappa shape index (κ3) is 2.72. The number of aliphatic carboxylic acids is 1. The predicted molar refractivity (Wildman–Crippen MR) is 104 cm³/mol. The zero-order valence-corrected chi connectivity index (χ0v) is 16.9. The zero-order chi connectivity index (χ0) is 20.2. The van der Waals surface area contributed by atoms with Crippen molar-refractivity contribution in [2.45, 2.75) is 70.8 Å². The molecular formula is C23H30NO4-. The summed E-state index contributed by atoms with van der Waals surface area (Å²) in [4.78, 5) is 15.4.